The SMILES string of the molecule is OC[C@H]1O[C@@H](C2=CC(Cc3ccc(OC4CCCCC4O)cc3)=C(Cl)CC2)[C@H](O)C(O)[C@@H]1O. The lowest BCUT2D eigenvalue weighted by molar-refractivity contribution is -0.219. The summed E-state index contributed by atoms with van der Waals surface area (Å²) in [7, 11) is 0. The van der Waals surface area contributed by atoms with Crippen molar-refractivity contribution >= 4 is 11.6 Å². The molecule has 33 heavy (non-hydrogen) atoms. The highest BCUT2D eigenvalue weighted by Gasteiger charge is 2.44. The summed E-state index contributed by atoms with van der Waals surface area (Å²) in [5.74, 6) is 0.728. The van der Waals surface area contributed by atoms with Crippen molar-refractivity contribution in [1.29, 1.82) is 0 Å². The standard InChI is InChI=1S/C25H33ClO7/c26-18-10-7-15(25-24(31)23(30)22(29)21(13-27)33-25)12-16(18)11-14-5-8-17(9-6-14)32-20-4-2-1-3-19(20)28/h5-6,8-9,12,19-25,27-31H,1-4,7,10-11,13H2/t19?,20?,21-,22-,23?,24-,25+/m1/s1. The molecule has 182 valence electrons. The first-order valence-corrected chi connectivity index (χ1v) is 12.1. The summed E-state index contributed by atoms with van der Waals surface area (Å²) >= 11 is 6.51. The number of hydrogen-bond donors (Lipinski definition) is 5. The zero-order valence-corrected chi connectivity index (χ0v) is 19.3. The molecule has 0 aromatic heterocycles. The van der Waals surface area contributed by atoms with Crippen molar-refractivity contribution in [2.24, 2.45) is 0 Å². The Morgan fingerprint density at radius 2 is 1.67 bits per heavy atom. The molecule has 1 aliphatic heterocycles. The zero-order chi connectivity index (χ0) is 23.5. The van der Waals surface area contributed by atoms with E-state index in [0.717, 1.165) is 53.2 Å². The lowest BCUT2D eigenvalue weighted by Gasteiger charge is -2.41. The van der Waals surface area contributed by atoms with Crippen LogP contribution in [0.1, 0.15) is 44.1 Å². The number of hydrogen-bond acceptors (Lipinski definition) is 7. The van der Waals surface area contributed by atoms with E-state index in [1.165, 1.54) is 0 Å². The van der Waals surface area contributed by atoms with E-state index in [2.05, 4.69) is 0 Å². The van der Waals surface area contributed by atoms with E-state index in [4.69, 9.17) is 21.1 Å². The fraction of sp³-hybridized carbons (Fsp3) is 0.600. The van der Waals surface area contributed by atoms with Gasteiger partial charge in [0.1, 0.15) is 42.4 Å². The predicted molar refractivity (Wildman–Crippen MR) is 123 cm³/mol. The zero-order valence-electron chi connectivity index (χ0n) is 18.5. The normalized spacial score (nSPS) is 35.3. The van der Waals surface area contributed by atoms with Gasteiger partial charge < -0.3 is 35.0 Å². The topological polar surface area (TPSA) is 120 Å². The van der Waals surface area contributed by atoms with Gasteiger partial charge in [-0.3, -0.25) is 0 Å². The number of benzene rings is 1. The van der Waals surface area contributed by atoms with Crippen LogP contribution in [0, 0.1) is 0 Å². The fourth-order valence-corrected chi connectivity index (χ4v) is 5.08. The van der Waals surface area contributed by atoms with E-state index < -0.39 is 43.2 Å². The third-order valence-electron chi connectivity index (χ3n) is 6.87. The summed E-state index contributed by atoms with van der Waals surface area (Å²) in [5.41, 5.74) is 2.70. The highest BCUT2D eigenvalue weighted by Crippen LogP contribution is 2.35. The maximum absolute atomic E-state index is 10.5. The van der Waals surface area contributed by atoms with Crippen LogP contribution in [0.3, 0.4) is 0 Å². The summed E-state index contributed by atoms with van der Waals surface area (Å²) in [6.45, 7) is -0.454. The van der Waals surface area contributed by atoms with Crippen LogP contribution in [0.5, 0.6) is 5.75 Å². The van der Waals surface area contributed by atoms with E-state index in [1.54, 1.807) is 0 Å². The summed E-state index contributed by atoms with van der Waals surface area (Å²) in [4.78, 5) is 0. The van der Waals surface area contributed by atoms with Gasteiger partial charge in [-0.2, -0.15) is 0 Å². The Morgan fingerprint density at radius 1 is 0.939 bits per heavy atom. The van der Waals surface area contributed by atoms with E-state index in [9.17, 15) is 25.5 Å². The number of allylic oxidation sites excluding steroid dienone is 3. The molecule has 8 heteroatoms. The van der Waals surface area contributed by atoms with Gasteiger partial charge in [-0.25, -0.2) is 0 Å². The van der Waals surface area contributed by atoms with Crippen molar-refractivity contribution < 1.29 is 35.0 Å². The molecule has 1 saturated heterocycles. The van der Waals surface area contributed by atoms with Gasteiger partial charge in [0.2, 0.25) is 0 Å². The van der Waals surface area contributed by atoms with Gasteiger partial charge in [0.25, 0.3) is 0 Å². The maximum Gasteiger partial charge on any atom is 0.124 e. The first-order chi connectivity index (χ1) is 15.9. The van der Waals surface area contributed by atoms with Crippen LogP contribution >= 0.6 is 11.6 Å². The number of ether oxygens (including phenoxy) is 2. The van der Waals surface area contributed by atoms with Crippen LogP contribution in [-0.4, -0.2) is 74.9 Å². The number of halogens is 1. The highest BCUT2D eigenvalue weighted by molar-refractivity contribution is 6.30. The van der Waals surface area contributed by atoms with Crippen LogP contribution in [0.4, 0.5) is 0 Å². The van der Waals surface area contributed by atoms with E-state index in [0.29, 0.717) is 19.3 Å². The first-order valence-electron chi connectivity index (χ1n) is 11.7. The van der Waals surface area contributed by atoms with Gasteiger partial charge in [0.15, 0.2) is 0 Å². The molecule has 7 atom stereocenters. The van der Waals surface area contributed by atoms with Crippen molar-refractivity contribution in [1.82, 2.24) is 0 Å². The second-order valence-corrected chi connectivity index (χ2v) is 9.68. The Morgan fingerprint density at radius 3 is 2.36 bits per heavy atom. The van der Waals surface area contributed by atoms with Crippen molar-refractivity contribution in [2.45, 2.75) is 87.7 Å². The molecule has 7 nitrogen and oxygen atoms in total. The minimum atomic E-state index is -1.40. The lowest BCUT2D eigenvalue weighted by atomic mass is 9.85. The maximum atomic E-state index is 10.5. The smallest absolute Gasteiger partial charge is 0.124 e. The molecule has 3 aliphatic rings. The second kappa shape index (κ2) is 10.9. The predicted octanol–water partition coefficient (Wildman–Crippen LogP) is 1.97. The Labute approximate surface area is 198 Å². The van der Waals surface area contributed by atoms with Gasteiger partial charge in [0, 0.05) is 5.03 Å². The van der Waals surface area contributed by atoms with Crippen LogP contribution in [0.25, 0.3) is 0 Å². The Bertz CT molecular complexity index is 866. The van der Waals surface area contributed by atoms with Crippen LogP contribution < -0.4 is 4.74 Å². The van der Waals surface area contributed by atoms with Crippen molar-refractivity contribution in [2.75, 3.05) is 6.61 Å². The van der Waals surface area contributed by atoms with Gasteiger partial charge in [-0.15, -0.1) is 0 Å². The van der Waals surface area contributed by atoms with Crippen LogP contribution in [0.15, 0.2) is 46.5 Å². The molecule has 3 unspecified atom stereocenters. The van der Waals surface area contributed by atoms with E-state index >= 15 is 0 Å². The van der Waals surface area contributed by atoms with Gasteiger partial charge in [-0.1, -0.05) is 36.2 Å². The summed E-state index contributed by atoms with van der Waals surface area (Å²) in [6.07, 6.45) is 0.930. The Balaban J connectivity index is 1.44. The van der Waals surface area contributed by atoms with Gasteiger partial charge in [-0.05, 0) is 67.4 Å². The van der Waals surface area contributed by atoms with E-state index in [-0.39, 0.29) is 6.10 Å². The summed E-state index contributed by atoms with van der Waals surface area (Å²) in [5, 5.41) is 50.9. The minimum absolute atomic E-state index is 0.163. The van der Waals surface area contributed by atoms with Crippen LogP contribution in [0.2, 0.25) is 0 Å². The molecule has 2 fully saturated rings. The van der Waals surface area contributed by atoms with Crippen molar-refractivity contribution in [3.63, 3.8) is 0 Å². The molecule has 1 saturated carbocycles. The first kappa shape index (κ1) is 24.7. The molecular formula is C25H33ClO7. The lowest BCUT2D eigenvalue weighted by Crippen LogP contribution is -2.59. The highest BCUT2D eigenvalue weighted by atomic mass is 35.5. The largest absolute Gasteiger partial charge is 0.488 e. The molecule has 0 radical (unpaired) electrons. The molecule has 4 rings (SSSR count). The van der Waals surface area contributed by atoms with Crippen LogP contribution in [-0.2, 0) is 11.2 Å². The minimum Gasteiger partial charge on any atom is -0.488 e. The van der Waals surface area contributed by atoms with Gasteiger partial charge in [0.05, 0.1) is 12.7 Å². The number of aliphatic hydroxyl groups excluding tert-OH is 5. The molecule has 1 aromatic carbocycles. The molecule has 1 heterocycles. The monoisotopic (exact) mass is 480 g/mol. The summed E-state index contributed by atoms with van der Waals surface area (Å²) < 4.78 is 11.7. The Hall–Kier alpha value is -1.45. The molecule has 5 N–H and O–H groups in total. The number of rotatable bonds is 6. The molecule has 2 aliphatic carbocycles. The fourth-order valence-electron chi connectivity index (χ4n) is 4.86. The average Bonchev–Trinajstić information content (AvgIpc) is 2.82. The van der Waals surface area contributed by atoms with Gasteiger partial charge >= 0.3 is 0 Å². The third-order valence-corrected chi connectivity index (χ3v) is 7.30. The van der Waals surface area contributed by atoms with Crippen molar-refractivity contribution in [3.8, 4) is 5.75 Å². The van der Waals surface area contributed by atoms with Crippen molar-refractivity contribution in [3.05, 3.63) is 52.1 Å². The average molecular weight is 481 g/mol. The molecule has 0 bridgehead atoms. The number of aliphatic hydroxyl groups is 5. The molecule has 0 amide bonds. The molecule has 1 aromatic rings. The third kappa shape index (κ3) is 5.62. The summed E-state index contributed by atoms with van der Waals surface area (Å²) in [6, 6.07) is 7.74. The Kier molecular flexibility index (Phi) is 8.12. The molecular weight excluding hydrogens is 448 g/mol. The quantitative estimate of drug-likeness (QED) is 0.422. The van der Waals surface area contributed by atoms with E-state index in [1.807, 2.05) is 30.3 Å². The second-order valence-electron chi connectivity index (χ2n) is 9.23. The molecule has 0 spiro atoms.